The summed E-state index contributed by atoms with van der Waals surface area (Å²) in [6, 6.07) is 3.48. The van der Waals surface area contributed by atoms with E-state index in [1.54, 1.807) is 24.0 Å². The molecule has 0 fully saturated rings. The van der Waals surface area contributed by atoms with Crippen LogP contribution in [0.3, 0.4) is 0 Å². The van der Waals surface area contributed by atoms with Crippen LogP contribution >= 0.6 is 0 Å². The molecule has 1 atom stereocenters. The molecule has 1 aromatic carbocycles. The normalized spacial score (nSPS) is 16.5. The molecule has 0 saturated heterocycles. The topological polar surface area (TPSA) is 88.5 Å². The number of aliphatic hydroxyl groups is 2. The van der Waals surface area contributed by atoms with Crippen molar-refractivity contribution in [3.8, 4) is 11.5 Å². The summed E-state index contributed by atoms with van der Waals surface area (Å²) in [5, 5.41) is 21.5. The first-order valence-electron chi connectivity index (χ1n) is 8.27. The maximum Gasteiger partial charge on any atom is 0.310 e. The van der Waals surface area contributed by atoms with Crippen LogP contribution in [0.15, 0.2) is 17.7 Å². The average molecular weight is 351 g/mol. The fourth-order valence-corrected chi connectivity index (χ4v) is 3.01. The minimum Gasteiger partial charge on any atom is -0.507 e. The van der Waals surface area contributed by atoms with Gasteiger partial charge in [-0.15, -0.1) is 0 Å². The number of ether oxygens (including phenoxy) is 3. The zero-order valence-corrected chi connectivity index (χ0v) is 15.0. The summed E-state index contributed by atoms with van der Waals surface area (Å²) >= 11 is 0. The van der Waals surface area contributed by atoms with E-state index in [1.807, 2.05) is 6.92 Å². The number of nitrogens with zero attached hydrogens (tertiary/aromatic N) is 1. The van der Waals surface area contributed by atoms with Gasteiger partial charge in [-0.3, -0.25) is 4.79 Å². The molecule has 7 nitrogen and oxygen atoms in total. The van der Waals surface area contributed by atoms with Crippen molar-refractivity contribution in [2.75, 3.05) is 32.3 Å². The van der Waals surface area contributed by atoms with Crippen LogP contribution in [-0.2, 0) is 9.53 Å². The monoisotopic (exact) mass is 351 g/mol. The molecule has 0 radical (unpaired) electrons. The lowest BCUT2D eigenvalue weighted by Gasteiger charge is -2.37. The molecule has 0 aromatic heterocycles. The molecule has 0 saturated carbocycles. The van der Waals surface area contributed by atoms with Gasteiger partial charge in [0.15, 0.2) is 17.7 Å². The first kappa shape index (κ1) is 18.9. The van der Waals surface area contributed by atoms with Crippen molar-refractivity contribution < 1.29 is 29.2 Å². The van der Waals surface area contributed by atoms with Gasteiger partial charge in [-0.2, -0.15) is 0 Å². The Balaban J connectivity index is 2.63. The maximum atomic E-state index is 11.9. The van der Waals surface area contributed by atoms with Gasteiger partial charge in [0.1, 0.15) is 5.76 Å². The summed E-state index contributed by atoms with van der Waals surface area (Å²) in [6.45, 7) is 4.46. The smallest absolute Gasteiger partial charge is 0.310 e. The van der Waals surface area contributed by atoms with Gasteiger partial charge < -0.3 is 29.3 Å². The molecule has 0 spiro atoms. The minimum atomic E-state index is -1.12. The predicted molar refractivity (Wildman–Crippen MR) is 94.0 cm³/mol. The summed E-state index contributed by atoms with van der Waals surface area (Å²) in [5.41, 5.74) is 1.21. The van der Waals surface area contributed by atoms with Crippen LogP contribution in [0.5, 0.6) is 11.5 Å². The lowest BCUT2D eigenvalue weighted by molar-refractivity contribution is -0.142. The summed E-state index contributed by atoms with van der Waals surface area (Å²) in [5.74, 6) is 0.117. The number of carbonyl (C=O) groups is 1. The minimum absolute atomic E-state index is 0.182. The highest BCUT2D eigenvalue weighted by Crippen LogP contribution is 2.46. The molecule has 1 unspecified atom stereocenters. The van der Waals surface area contributed by atoms with Crippen LogP contribution in [-0.4, -0.2) is 49.8 Å². The summed E-state index contributed by atoms with van der Waals surface area (Å²) in [4.78, 5) is 13.6. The number of rotatable bonds is 7. The number of fused-ring (bicyclic) bond motifs is 1. The Kier molecular flexibility index (Phi) is 6.14. The van der Waals surface area contributed by atoms with E-state index >= 15 is 0 Å². The van der Waals surface area contributed by atoms with Crippen LogP contribution in [0.4, 0.5) is 5.69 Å². The second-order valence-electron chi connectivity index (χ2n) is 5.62. The number of benzene rings is 1. The second kappa shape index (κ2) is 8.11. The van der Waals surface area contributed by atoms with E-state index in [2.05, 4.69) is 0 Å². The summed E-state index contributed by atoms with van der Waals surface area (Å²) in [6.07, 6.45) is -0.547. The van der Waals surface area contributed by atoms with Crippen molar-refractivity contribution in [2.24, 2.45) is 0 Å². The Labute approximate surface area is 147 Å². The van der Waals surface area contributed by atoms with Gasteiger partial charge in [0, 0.05) is 12.1 Å². The van der Waals surface area contributed by atoms with E-state index in [4.69, 9.17) is 14.2 Å². The first-order valence-corrected chi connectivity index (χ1v) is 8.27. The third-order valence-corrected chi connectivity index (χ3v) is 4.09. The molecule has 1 aliphatic heterocycles. The summed E-state index contributed by atoms with van der Waals surface area (Å²) < 4.78 is 15.7. The van der Waals surface area contributed by atoms with Gasteiger partial charge in [0.25, 0.3) is 0 Å². The molecule has 7 heteroatoms. The van der Waals surface area contributed by atoms with E-state index in [-0.39, 0.29) is 24.4 Å². The van der Waals surface area contributed by atoms with Gasteiger partial charge in [-0.05, 0) is 25.5 Å². The third kappa shape index (κ3) is 3.51. The van der Waals surface area contributed by atoms with Crippen molar-refractivity contribution >= 4 is 17.4 Å². The number of anilines is 1. The van der Waals surface area contributed by atoms with Crippen molar-refractivity contribution in [1.82, 2.24) is 0 Å². The molecule has 1 heterocycles. The predicted octanol–water partition coefficient (Wildman–Crippen LogP) is 2.47. The third-order valence-electron chi connectivity index (χ3n) is 4.09. The van der Waals surface area contributed by atoms with Gasteiger partial charge in [-0.1, -0.05) is 6.92 Å². The van der Waals surface area contributed by atoms with E-state index in [9.17, 15) is 15.0 Å². The Morgan fingerprint density at radius 2 is 1.96 bits per heavy atom. The second-order valence-corrected chi connectivity index (χ2v) is 5.62. The molecular formula is C18H25NO6. The lowest BCUT2D eigenvalue weighted by Crippen LogP contribution is -2.41. The Morgan fingerprint density at radius 1 is 1.24 bits per heavy atom. The highest BCUT2D eigenvalue weighted by Gasteiger charge is 2.36. The first-order chi connectivity index (χ1) is 12.0. The highest BCUT2D eigenvalue weighted by molar-refractivity contribution is 5.87. The average Bonchev–Trinajstić information content (AvgIpc) is 2.61. The molecular weight excluding hydrogens is 326 g/mol. The Morgan fingerprint density at radius 3 is 2.52 bits per heavy atom. The van der Waals surface area contributed by atoms with Gasteiger partial charge >= 0.3 is 5.97 Å². The molecule has 2 rings (SSSR count). The molecule has 138 valence electrons. The summed E-state index contributed by atoms with van der Waals surface area (Å²) in [7, 11) is 2.98. The zero-order valence-electron chi connectivity index (χ0n) is 15.0. The maximum absolute atomic E-state index is 11.9. The number of methoxy groups -OCH3 is 2. The van der Waals surface area contributed by atoms with Crippen LogP contribution in [0, 0.1) is 0 Å². The van der Waals surface area contributed by atoms with Crippen LogP contribution in [0.2, 0.25) is 0 Å². The SMILES string of the molecule is CCCN1c2ccc(OC)c(OC)c2C(O)=C(CC(=O)OCC)C1O. The van der Waals surface area contributed by atoms with Crippen LogP contribution in [0.1, 0.15) is 32.3 Å². The zero-order chi connectivity index (χ0) is 18.6. The van der Waals surface area contributed by atoms with Gasteiger partial charge in [0.2, 0.25) is 0 Å². The number of hydrogen-bond acceptors (Lipinski definition) is 7. The van der Waals surface area contributed by atoms with E-state index in [1.165, 1.54) is 14.2 Å². The largest absolute Gasteiger partial charge is 0.507 e. The van der Waals surface area contributed by atoms with Crippen LogP contribution in [0.25, 0.3) is 5.76 Å². The van der Waals surface area contributed by atoms with Crippen LogP contribution < -0.4 is 14.4 Å². The fourth-order valence-electron chi connectivity index (χ4n) is 3.01. The number of hydrogen-bond donors (Lipinski definition) is 2. The standard InChI is InChI=1S/C18H25NO6/c1-5-9-19-12-7-8-13(23-3)17(24-4)15(12)16(21)11(18(19)22)10-14(20)25-6-2/h7-8,18,21-22H,5-6,9-10H2,1-4H3. The van der Waals surface area contributed by atoms with Crippen molar-refractivity contribution in [3.63, 3.8) is 0 Å². The van der Waals surface area contributed by atoms with Crippen molar-refractivity contribution in [2.45, 2.75) is 32.9 Å². The van der Waals surface area contributed by atoms with E-state index in [0.717, 1.165) is 6.42 Å². The number of aliphatic hydroxyl groups excluding tert-OH is 2. The Bertz CT molecular complexity index is 670. The fraction of sp³-hybridized carbons (Fsp3) is 0.500. The molecule has 0 aliphatic carbocycles. The molecule has 0 bridgehead atoms. The molecule has 1 aromatic rings. The highest BCUT2D eigenvalue weighted by atomic mass is 16.5. The van der Waals surface area contributed by atoms with E-state index in [0.29, 0.717) is 29.3 Å². The van der Waals surface area contributed by atoms with Crippen molar-refractivity contribution in [1.29, 1.82) is 0 Å². The number of esters is 1. The molecule has 1 aliphatic rings. The molecule has 25 heavy (non-hydrogen) atoms. The van der Waals surface area contributed by atoms with Gasteiger partial charge in [0.05, 0.1) is 38.5 Å². The van der Waals surface area contributed by atoms with E-state index < -0.39 is 12.2 Å². The van der Waals surface area contributed by atoms with Gasteiger partial charge in [-0.25, -0.2) is 0 Å². The molecule has 2 N–H and O–H groups in total. The lowest BCUT2D eigenvalue weighted by atomic mass is 9.95. The molecule has 0 amide bonds. The Hall–Kier alpha value is -2.41. The van der Waals surface area contributed by atoms with Crippen molar-refractivity contribution in [3.05, 3.63) is 23.3 Å². The number of carbonyl (C=O) groups excluding carboxylic acids is 1. The quantitative estimate of drug-likeness (QED) is 0.730.